The lowest BCUT2D eigenvalue weighted by Crippen LogP contribution is -2.30. The molecule has 0 bridgehead atoms. The third kappa shape index (κ3) is 3.86. The summed E-state index contributed by atoms with van der Waals surface area (Å²) >= 11 is 0. The summed E-state index contributed by atoms with van der Waals surface area (Å²) in [6.07, 6.45) is 9.98. The Morgan fingerprint density at radius 2 is 1.96 bits per heavy atom. The molecule has 1 aliphatic carbocycles. The second kappa shape index (κ2) is 8.13. The molecule has 1 heterocycles. The van der Waals surface area contributed by atoms with Gasteiger partial charge in [-0.05, 0) is 37.3 Å². The Bertz CT molecular complexity index is 657. The minimum Gasteiger partial charge on any atom is -0.352 e. The van der Waals surface area contributed by atoms with Crippen molar-refractivity contribution in [1.29, 1.82) is 0 Å². The van der Waals surface area contributed by atoms with Crippen LogP contribution in [0.3, 0.4) is 0 Å². The maximum absolute atomic E-state index is 12.7. The molecule has 1 fully saturated rings. The molecule has 4 heteroatoms. The van der Waals surface area contributed by atoms with Crippen LogP contribution in [-0.4, -0.2) is 22.2 Å². The zero-order valence-electron chi connectivity index (χ0n) is 14.5. The van der Waals surface area contributed by atoms with Crippen LogP contribution in [0.4, 0.5) is 0 Å². The first kappa shape index (κ1) is 16.7. The van der Waals surface area contributed by atoms with Crippen molar-refractivity contribution >= 4 is 5.91 Å². The van der Waals surface area contributed by atoms with Gasteiger partial charge in [0.05, 0.1) is 23.1 Å². The largest absolute Gasteiger partial charge is 0.352 e. The highest BCUT2D eigenvalue weighted by molar-refractivity contribution is 5.95. The van der Waals surface area contributed by atoms with Gasteiger partial charge in [-0.1, -0.05) is 50.8 Å². The number of aromatic nitrogens is 2. The fourth-order valence-corrected chi connectivity index (χ4v) is 3.56. The Hall–Kier alpha value is -2.10. The first-order valence-electron chi connectivity index (χ1n) is 9.20. The predicted octanol–water partition coefficient (Wildman–Crippen LogP) is 4.13. The number of nitrogens with one attached hydrogen (secondary N) is 1. The van der Waals surface area contributed by atoms with Crippen molar-refractivity contribution in [3.63, 3.8) is 0 Å². The summed E-state index contributed by atoms with van der Waals surface area (Å²) in [4.78, 5) is 12.7. The third-order valence-electron chi connectivity index (χ3n) is 4.88. The van der Waals surface area contributed by atoms with Crippen molar-refractivity contribution < 1.29 is 4.79 Å². The zero-order valence-corrected chi connectivity index (χ0v) is 14.5. The standard InChI is InChI=1S/C20H27N3O/c1-2-9-19-18(15-22-23(19)17-12-7-4-8-13-17)20(24)21-14-16-10-5-3-6-11-16/h4,7-8,12-13,15-16H,2-3,5-6,9-11,14H2,1H3,(H,21,24). The lowest BCUT2D eigenvalue weighted by atomic mass is 9.89. The van der Waals surface area contributed by atoms with E-state index in [0.717, 1.165) is 36.3 Å². The van der Waals surface area contributed by atoms with Gasteiger partial charge in [-0.2, -0.15) is 5.10 Å². The van der Waals surface area contributed by atoms with Gasteiger partial charge in [0.15, 0.2) is 0 Å². The maximum atomic E-state index is 12.7. The van der Waals surface area contributed by atoms with E-state index in [9.17, 15) is 4.79 Å². The normalized spacial score (nSPS) is 15.4. The molecule has 0 aliphatic heterocycles. The molecule has 0 spiro atoms. The van der Waals surface area contributed by atoms with Gasteiger partial charge in [-0.25, -0.2) is 4.68 Å². The Kier molecular flexibility index (Phi) is 5.68. The fraction of sp³-hybridized carbons (Fsp3) is 0.500. The van der Waals surface area contributed by atoms with Gasteiger partial charge in [0.1, 0.15) is 0 Å². The Balaban J connectivity index is 1.74. The smallest absolute Gasteiger partial charge is 0.254 e. The summed E-state index contributed by atoms with van der Waals surface area (Å²) in [6, 6.07) is 10.0. The van der Waals surface area contributed by atoms with Crippen LogP contribution in [0.5, 0.6) is 0 Å². The van der Waals surface area contributed by atoms with Crippen LogP contribution < -0.4 is 5.32 Å². The van der Waals surface area contributed by atoms with Gasteiger partial charge in [0.25, 0.3) is 5.91 Å². The molecule has 2 aromatic rings. The van der Waals surface area contributed by atoms with Crippen molar-refractivity contribution in [2.75, 3.05) is 6.54 Å². The minimum absolute atomic E-state index is 0.0196. The Labute approximate surface area is 144 Å². The first-order valence-corrected chi connectivity index (χ1v) is 9.20. The molecule has 0 radical (unpaired) electrons. The molecule has 0 unspecified atom stereocenters. The van der Waals surface area contributed by atoms with Gasteiger partial charge in [0, 0.05) is 6.54 Å². The quantitative estimate of drug-likeness (QED) is 0.868. The van der Waals surface area contributed by atoms with Crippen molar-refractivity contribution in [1.82, 2.24) is 15.1 Å². The number of hydrogen-bond donors (Lipinski definition) is 1. The van der Waals surface area contributed by atoms with Crippen LogP contribution in [0.15, 0.2) is 36.5 Å². The molecule has 24 heavy (non-hydrogen) atoms. The van der Waals surface area contributed by atoms with Gasteiger partial charge in [0.2, 0.25) is 0 Å². The van der Waals surface area contributed by atoms with Crippen LogP contribution in [0, 0.1) is 5.92 Å². The lowest BCUT2D eigenvalue weighted by molar-refractivity contribution is 0.0942. The SMILES string of the molecule is CCCc1c(C(=O)NCC2CCCCC2)cnn1-c1ccccc1. The number of hydrogen-bond acceptors (Lipinski definition) is 2. The summed E-state index contributed by atoms with van der Waals surface area (Å²) < 4.78 is 1.90. The topological polar surface area (TPSA) is 46.9 Å². The summed E-state index contributed by atoms with van der Waals surface area (Å²) in [5.41, 5.74) is 2.73. The van der Waals surface area contributed by atoms with Crippen LogP contribution in [0.1, 0.15) is 61.5 Å². The number of amides is 1. The molecule has 128 valence electrons. The number of para-hydroxylation sites is 1. The monoisotopic (exact) mass is 325 g/mol. The van der Waals surface area contributed by atoms with Crippen molar-refractivity contribution in [3.05, 3.63) is 47.8 Å². The highest BCUT2D eigenvalue weighted by atomic mass is 16.1. The predicted molar refractivity (Wildman–Crippen MR) is 96.5 cm³/mol. The van der Waals surface area contributed by atoms with Crippen molar-refractivity contribution in [2.45, 2.75) is 51.9 Å². The lowest BCUT2D eigenvalue weighted by Gasteiger charge is -2.21. The molecule has 0 saturated heterocycles. The van der Waals surface area contributed by atoms with Crippen LogP contribution in [0.2, 0.25) is 0 Å². The molecule has 4 nitrogen and oxygen atoms in total. The molecule has 0 atom stereocenters. The van der Waals surface area contributed by atoms with E-state index in [1.165, 1.54) is 32.1 Å². The molecule has 1 N–H and O–H groups in total. The van der Waals surface area contributed by atoms with E-state index in [0.29, 0.717) is 5.92 Å². The highest BCUT2D eigenvalue weighted by Gasteiger charge is 2.19. The molecule has 1 amide bonds. The van der Waals surface area contributed by atoms with E-state index in [1.807, 2.05) is 35.0 Å². The van der Waals surface area contributed by atoms with Gasteiger partial charge in [-0.3, -0.25) is 4.79 Å². The summed E-state index contributed by atoms with van der Waals surface area (Å²) in [5, 5.41) is 7.62. The number of carbonyl (C=O) groups excluding carboxylic acids is 1. The van der Waals surface area contributed by atoms with E-state index in [1.54, 1.807) is 6.20 Å². The molecule has 1 aromatic heterocycles. The summed E-state index contributed by atoms with van der Waals surface area (Å²) in [7, 11) is 0. The van der Waals surface area contributed by atoms with Gasteiger partial charge < -0.3 is 5.32 Å². The average Bonchev–Trinajstić information content (AvgIpc) is 3.05. The number of carbonyl (C=O) groups is 1. The van der Waals surface area contributed by atoms with E-state index in [2.05, 4.69) is 17.3 Å². The van der Waals surface area contributed by atoms with Crippen LogP contribution >= 0.6 is 0 Å². The Morgan fingerprint density at radius 1 is 1.21 bits per heavy atom. The number of benzene rings is 1. The van der Waals surface area contributed by atoms with Crippen molar-refractivity contribution in [2.24, 2.45) is 5.92 Å². The molecular formula is C20H27N3O. The highest BCUT2D eigenvalue weighted by Crippen LogP contribution is 2.23. The van der Waals surface area contributed by atoms with Gasteiger partial charge in [-0.15, -0.1) is 0 Å². The van der Waals surface area contributed by atoms with Gasteiger partial charge >= 0.3 is 0 Å². The number of nitrogens with zero attached hydrogens (tertiary/aromatic N) is 2. The van der Waals surface area contributed by atoms with E-state index in [-0.39, 0.29) is 5.91 Å². The van der Waals surface area contributed by atoms with E-state index in [4.69, 9.17) is 0 Å². The number of rotatable bonds is 6. The maximum Gasteiger partial charge on any atom is 0.254 e. The second-order valence-electron chi connectivity index (χ2n) is 6.72. The average molecular weight is 325 g/mol. The second-order valence-corrected chi connectivity index (χ2v) is 6.72. The first-order chi connectivity index (χ1) is 11.8. The van der Waals surface area contributed by atoms with E-state index < -0.39 is 0 Å². The molecule has 1 aliphatic rings. The third-order valence-corrected chi connectivity index (χ3v) is 4.88. The zero-order chi connectivity index (χ0) is 16.8. The van der Waals surface area contributed by atoms with Crippen LogP contribution in [0.25, 0.3) is 5.69 Å². The van der Waals surface area contributed by atoms with Crippen LogP contribution in [-0.2, 0) is 6.42 Å². The minimum atomic E-state index is 0.0196. The molecule has 1 aromatic carbocycles. The molecule has 1 saturated carbocycles. The fourth-order valence-electron chi connectivity index (χ4n) is 3.56. The molecule has 3 rings (SSSR count). The molecular weight excluding hydrogens is 298 g/mol. The van der Waals surface area contributed by atoms with E-state index >= 15 is 0 Å². The Morgan fingerprint density at radius 3 is 2.67 bits per heavy atom. The summed E-state index contributed by atoms with van der Waals surface area (Å²) in [6.45, 7) is 2.92. The van der Waals surface area contributed by atoms with Crippen molar-refractivity contribution in [3.8, 4) is 5.69 Å². The summed E-state index contributed by atoms with van der Waals surface area (Å²) in [5.74, 6) is 0.660.